The van der Waals surface area contributed by atoms with Crippen LogP contribution >= 0.6 is 0 Å². The van der Waals surface area contributed by atoms with Gasteiger partial charge in [0, 0.05) is 24.2 Å². The van der Waals surface area contributed by atoms with Crippen LogP contribution in [0.3, 0.4) is 0 Å². The van der Waals surface area contributed by atoms with Crippen LogP contribution in [0, 0.1) is 0 Å². The molecule has 0 atom stereocenters. The van der Waals surface area contributed by atoms with Gasteiger partial charge in [0.2, 0.25) is 0 Å². The molecule has 6 nitrogen and oxygen atoms in total. The van der Waals surface area contributed by atoms with Gasteiger partial charge in [-0.25, -0.2) is 4.68 Å². The highest BCUT2D eigenvalue weighted by Crippen LogP contribution is 2.31. The summed E-state index contributed by atoms with van der Waals surface area (Å²) >= 11 is 0. The average molecular weight is 447 g/mol. The van der Waals surface area contributed by atoms with Crippen LogP contribution < -0.4 is 10.9 Å². The van der Waals surface area contributed by atoms with Gasteiger partial charge in [-0.15, -0.1) is 0 Å². The lowest BCUT2D eigenvalue weighted by molar-refractivity contribution is 0.0950. The Hall–Kier alpha value is -3.25. The third-order valence-corrected chi connectivity index (χ3v) is 5.87. The molecule has 0 spiro atoms. The van der Waals surface area contributed by atoms with Gasteiger partial charge in [0.25, 0.3) is 11.5 Å². The molecule has 3 rings (SSSR count). The molecule has 0 saturated carbocycles. The number of nitrogens with zero attached hydrogens (tertiary/aromatic N) is 3. The van der Waals surface area contributed by atoms with E-state index in [-0.39, 0.29) is 17.0 Å². The van der Waals surface area contributed by atoms with E-state index in [0.29, 0.717) is 24.3 Å². The molecular formula is C27H34N4O2. The number of aryl methyl sites for hydroxylation is 1. The summed E-state index contributed by atoms with van der Waals surface area (Å²) in [6.07, 6.45) is 1.86. The Morgan fingerprint density at radius 1 is 0.909 bits per heavy atom. The predicted octanol–water partition coefficient (Wildman–Crippen LogP) is 4.45. The van der Waals surface area contributed by atoms with Gasteiger partial charge in [0.1, 0.15) is 5.56 Å². The molecule has 0 aliphatic heterocycles. The van der Waals surface area contributed by atoms with E-state index in [9.17, 15) is 9.59 Å². The topological polar surface area (TPSA) is 67.2 Å². The number of hydrogen-bond acceptors (Lipinski definition) is 4. The maximum atomic E-state index is 13.4. The molecule has 0 fully saturated rings. The SMILES string of the molecule is CCN(CC)CCCCNC(=O)c1c(-c2ccccc2)c(-c2ccccc2)nn(CC)c1=O. The third kappa shape index (κ3) is 5.96. The lowest BCUT2D eigenvalue weighted by Crippen LogP contribution is -2.36. The summed E-state index contributed by atoms with van der Waals surface area (Å²) in [5, 5.41) is 7.64. The van der Waals surface area contributed by atoms with Crippen molar-refractivity contribution in [2.24, 2.45) is 0 Å². The zero-order valence-corrected chi connectivity index (χ0v) is 19.9. The number of unbranched alkanes of at least 4 members (excludes halogenated alkanes) is 1. The quantitative estimate of drug-likeness (QED) is 0.442. The van der Waals surface area contributed by atoms with E-state index in [4.69, 9.17) is 0 Å². The van der Waals surface area contributed by atoms with E-state index in [1.165, 1.54) is 4.68 Å². The van der Waals surface area contributed by atoms with E-state index < -0.39 is 0 Å². The fraction of sp³-hybridized carbons (Fsp3) is 0.370. The molecule has 0 bridgehead atoms. The molecule has 6 heteroatoms. The first-order chi connectivity index (χ1) is 16.1. The summed E-state index contributed by atoms with van der Waals surface area (Å²) in [6, 6.07) is 19.3. The van der Waals surface area contributed by atoms with E-state index in [0.717, 1.165) is 43.6 Å². The number of hydrogen-bond donors (Lipinski definition) is 1. The highest BCUT2D eigenvalue weighted by molar-refractivity contribution is 6.03. The Morgan fingerprint density at radius 2 is 1.52 bits per heavy atom. The highest BCUT2D eigenvalue weighted by Gasteiger charge is 2.24. The summed E-state index contributed by atoms with van der Waals surface area (Å²) in [5.41, 5.74) is 2.67. The lowest BCUT2D eigenvalue weighted by atomic mass is 9.95. The monoisotopic (exact) mass is 446 g/mol. The summed E-state index contributed by atoms with van der Waals surface area (Å²) in [4.78, 5) is 29.0. The standard InChI is InChI=1S/C27H34N4O2/c1-4-30(5-2)20-14-13-19-28-26(32)24-23(21-15-9-7-10-16-21)25(22-17-11-8-12-18-22)29-31(6-3)27(24)33/h7-12,15-18H,4-6,13-14,19-20H2,1-3H3,(H,28,32). The second-order valence-corrected chi connectivity index (χ2v) is 7.94. The normalized spacial score (nSPS) is 11.0. The Morgan fingerprint density at radius 3 is 2.09 bits per heavy atom. The summed E-state index contributed by atoms with van der Waals surface area (Å²) < 4.78 is 1.38. The van der Waals surface area contributed by atoms with Crippen LogP contribution in [0.15, 0.2) is 65.5 Å². The first-order valence-corrected chi connectivity index (χ1v) is 11.9. The first-order valence-electron chi connectivity index (χ1n) is 11.9. The van der Waals surface area contributed by atoms with Crippen LogP contribution in [-0.2, 0) is 6.54 Å². The third-order valence-electron chi connectivity index (χ3n) is 5.87. The number of carbonyl (C=O) groups excluding carboxylic acids is 1. The molecule has 1 heterocycles. The lowest BCUT2D eigenvalue weighted by Gasteiger charge is -2.18. The molecule has 3 aromatic rings. The first kappa shape index (κ1) is 24.4. The van der Waals surface area contributed by atoms with Crippen LogP contribution in [0.25, 0.3) is 22.4 Å². The van der Waals surface area contributed by atoms with Crippen molar-refractivity contribution in [2.75, 3.05) is 26.2 Å². The van der Waals surface area contributed by atoms with Crippen molar-refractivity contribution in [2.45, 2.75) is 40.2 Å². The van der Waals surface area contributed by atoms with E-state index >= 15 is 0 Å². The fourth-order valence-corrected chi connectivity index (χ4v) is 3.97. The fourth-order valence-electron chi connectivity index (χ4n) is 3.97. The minimum Gasteiger partial charge on any atom is -0.352 e. The molecule has 2 aromatic carbocycles. The molecule has 0 unspecified atom stereocenters. The molecule has 1 aromatic heterocycles. The predicted molar refractivity (Wildman–Crippen MR) is 134 cm³/mol. The van der Waals surface area contributed by atoms with Gasteiger partial charge in [0.05, 0.1) is 5.69 Å². The van der Waals surface area contributed by atoms with Gasteiger partial charge in [-0.1, -0.05) is 74.5 Å². The van der Waals surface area contributed by atoms with Crippen molar-refractivity contribution >= 4 is 5.91 Å². The van der Waals surface area contributed by atoms with E-state index in [2.05, 4.69) is 29.2 Å². The number of benzene rings is 2. The molecule has 0 aliphatic carbocycles. The van der Waals surface area contributed by atoms with Crippen LogP contribution in [0.2, 0.25) is 0 Å². The van der Waals surface area contributed by atoms with Gasteiger partial charge in [-0.3, -0.25) is 9.59 Å². The van der Waals surface area contributed by atoms with Gasteiger partial charge >= 0.3 is 0 Å². The van der Waals surface area contributed by atoms with Crippen LogP contribution in [0.5, 0.6) is 0 Å². The molecule has 0 radical (unpaired) electrons. The molecule has 33 heavy (non-hydrogen) atoms. The Bertz CT molecular complexity index is 1090. The molecule has 0 saturated heterocycles. The summed E-state index contributed by atoms with van der Waals surface area (Å²) in [5.74, 6) is -0.344. The van der Waals surface area contributed by atoms with E-state index in [1.807, 2.05) is 67.6 Å². The number of aromatic nitrogens is 2. The van der Waals surface area contributed by atoms with Crippen LogP contribution in [0.1, 0.15) is 44.0 Å². The molecule has 1 N–H and O–H groups in total. The van der Waals surface area contributed by atoms with Crippen molar-refractivity contribution in [3.8, 4) is 22.4 Å². The Kier molecular flexibility index (Phi) is 8.95. The van der Waals surface area contributed by atoms with Crippen molar-refractivity contribution in [1.82, 2.24) is 20.0 Å². The molecule has 0 aliphatic rings. The number of nitrogens with one attached hydrogen (secondary N) is 1. The van der Waals surface area contributed by atoms with Crippen molar-refractivity contribution in [3.63, 3.8) is 0 Å². The Labute approximate surface area is 196 Å². The maximum absolute atomic E-state index is 13.4. The van der Waals surface area contributed by atoms with Gasteiger partial charge < -0.3 is 10.2 Å². The van der Waals surface area contributed by atoms with Crippen LogP contribution in [-0.4, -0.2) is 46.8 Å². The Balaban J connectivity index is 1.97. The smallest absolute Gasteiger partial charge is 0.280 e. The maximum Gasteiger partial charge on any atom is 0.280 e. The van der Waals surface area contributed by atoms with Crippen LogP contribution in [0.4, 0.5) is 0 Å². The van der Waals surface area contributed by atoms with Gasteiger partial charge in [-0.05, 0) is 45.0 Å². The number of carbonyl (C=O) groups is 1. The largest absolute Gasteiger partial charge is 0.352 e. The minimum absolute atomic E-state index is 0.153. The highest BCUT2D eigenvalue weighted by atomic mass is 16.2. The van der Waals surface area contributed by atoms with Crippen molar-refractivity contribution < 1.29 is 4.79 Å². The second kappa shape index (κ2) is 12.1. The zero-order valence-electron chi connectivity index (χ0n) is 19.9. The van der Waals surface area contributed by atoms with Crippen molar-refractivity contribution in [3.05, 3.63) is 76.6 Å². The van der Waals surface area contributed by atoms with E-state index in [1.54, 1.807) is 0 Å². The van der Waals surface area contributed by atoms with Gasteiger partial charge in [0.15, 0.2) is 0 Å². The molecular weight excluding hydrogens is 412 g/mol. The summed E-state index contributed by atoms with van der Waals surface area (Å²) in [6.45, 7) is 10.2. The minimum atomic E-state index is -0.364. The number of amides is 1. The average Bonchev–Trinajstić information content (AvgIpc) is 2.86. The molecule has 174 valence electrons. The zero-order chi connectivity index (χ0) is 23.6. The molecule has 1 amide bonds. The van der Waals surface area contributed by atoms with Gasteiger partial charge in [-0.2, -0.15) is 5.10 Å². The van der Waals surface area contributed by atoms with Crippen molar-refractivity contribution in [1.29, 1.82) is 0 Å². The second-order valence-electron chi connectivity index (χ2n) is 7.94. The number of rotatable bonds is 11. The summed E-state index contributed by atoms with van der Waals surface area (Å²) in [7, 11) is 0.